The van der Waals surface area contributed by atoms with Gasteiger partial charge >= 0.3 is 12.1 Å². The molecule has 0 aliphatic carbocycles. The summed E-state index contributed by atoms with van der Waals surface area (Å²) in [6.45, 7) is 3.34. The first-order valence-electron chi connectivity index (χ1n) is 12.3. The first-order valence-corrected chi connectivity index (χ1v) is 13.1. The van der Waals surface area contributed by atoms with Gasteiger partial charge in [-0.25, -0.2) is 4.39 Å². The van der Waals surface area contributed by atoms with Crippen molar-refractivity contribution in [1.82, 2.24) is 30.2 Å². The number of benzene rings is 1. The zero-order valence-corrected chi connectivity index (χ0v) is 22.8. The molecule has 0 fully saturated rings. The molecule has 0 aliphatic heterocycles. The number of rotatable bonds is 9. The van der Waals surface area contributed by atoms with Crippen LogP contribution in [-0.4, -0.2) is 62.5 Å². The minimum Gasteiger partial charge on any atom is -0.496 e. The lowest BCUT2D eigenvalue weighted by Gasteiger charge is -2.25. The van der Waals surface area contributed by atoms with Crippen molar-refractivity contribution >= 4 is 33.8 Å². The van der Waals surface area contributed by atoms with Crippen LogP contribution in [0.25, 0.3) is 32.2 Å². The van der Waals surface area contributed by atoms with Gasteiger partial charge in [-0.3, -0.25) is 9.78 Å². The molecule has 214 valence electrons. The van der Waals surface area contributed by atoms with E-state index in [0.29, 0.717) is 49.5 Å². The Labute approximate surface area is 234 Å². The van der Waals surface area contributed by atoms with E-state index in [4.69, 9.17) is 9.47 Å². The van der Waals surface area contributed by atoms with Gasteiger partial charge in [0.1, 0.15) is 22.2 Å². The molecule has 0 saturated carbocycles. The van der Waals surface area contributed by atoms with Crippen molar-refractivity contribution in [3.8, 4) is 32.8 Å². The van der Waals surface area contributed by atoms with E-state index in [1.165, 1.54) is 53.5 Å². The Morgan fingerprint density at radius 2 is 1.98 bits per heavy atom. The third-order valence-electron chi connectivity index (χ3n) is 6.29. The van der Waals surface area contributed by atoms with Crippen LogP contribution >= 0.6 is 11.3 Å². The van der Waals surface area contributed by atoms with Crippen LogP contribution < -0.4 is 14.4 Å². The van der Waals surface area contributed by atoms with Gasteiger partial charge in [0.15, 0.2) is 0 Å². The Kier molecular flexibility index (Phi) is 7.62. The number of ether oxygens (including phenoxy) is 2. The number of carbonyl (C=O) groups excluding carboxylic acids is 1. The monoisotopic (exact) mass is 589 g/mol. The summed E-state index contributed by atoms with van der Waals surface area (Å²) in [6.07, 6.45) is -3.83. The van der Waals surface area contributed by atoms with Gasteiger partial charge < -0.3 is 18.9 Å². The molecule has 0 bridgehead atoms. The number of anilines is 1. The van der Waals surface area contributed by atoms with Crippen LogP contribution in [0, 0.1) is 12.7 Å². The number of hydrogen-bond donors (Lipinski definition) is 1. The number of thiophene rings is 1. The Bertz CT molecular complexity index is 1700. The van der Waals surface area contributed by atoms with Gasteiger partial charge in [-0.2, -0.15) is 18.4 Å². The van der Waals surface area contributed by atoms with E-state index in [2.05, 4.69) is 25.6 Å². The number of hydrogen-bond acceptors (Lipinski definition) is 8. The fourth-order valence-electron chi connectivity index (χ4n) is 4.51. The number of aromatic amines is 1. The maximum absolute atomic E-state index is 14.8. The van der Waals surface area contributed by atoms with Crippen molar-refractivity contribution in [2.45, 2.75) is 26.6 Å². The molecular weight excluding hydrogens is 566 g/mol. The first kappa shape index (κ1) is 28.0. The molecule has 0 spiro atoms. The minimum absolute atomic E-state index is 0.0306. The van der Waals surface area contributed by atoms with Crippen LogP contribution in [0.5, 0.6) is 11.5 Å². The molecule has 0 atom stereocenters. The van der Waals surface area contributed by atoms with Crippen molar-refractivity contribution in [1.29, 1.82) is 0 Å². The van der Waals surface area contributed by atoms with Crippen molar-refractivity contribution in [2.24, 2.45) is 0 Å². The molecular formula is C26H23F4N7O3S. The first-order chi connectivity index (χ1) is 19.6. The van der Waals surface area contributed by atoms with E-state index in [1.54, 1.807) is 26.0 Å². The van der Waals surface area contributed by atoms with Gasteiger partial charge in [-0.05, 0) is 49.4 Å². The molecule has 0 unspecified atom stereocenters. The van der Waals surface area contributed by atoms with Crippen LogP contribution in [0.1, 0.15) is 12.6 Å². The van der Waals surface area contributed by atoms with Crippen LogP contribution in [-0.2, 0) is 11.3 Å². The largest absolute Gasteiger partial charge is 0.496 e. The number of pyridine rings is 1. The Hall–Kier alpha value is -4.53. The van der Waals surface area contributed by atoms with Crippen molar-refractivity contribution in [3.63, 3.8) is 0 Å². The second-order valence-corrected chi connectivity index (χ2v) is 9.83. The standard InChI is InChI=1S/C26H23F4N7O3S/c1-4-40-20-13-21(41-23(20)24-32-34-35-33-24)18-12-15(7-8-31-18)37(25(38)26(28,29)30)10-9-36-14(2)11-16-19(39-3)6-5-17(27)22(16)36/h5-8,11-13H,4,9-10H2,1-3H3,(H,32,33,34,35). The molecule has 1 aromatic carbocycles. The number of halogens is 4. The van der Waals surface area contributed by atoms with E-state index in [0.717, 1.165) is 0 Å². The Morgan fingerprint density at radius 1 is 1.17 bits per heavy atom. The van der Waals surface area contributed by atoms with E-state index < -0.39 is 24.4 Å². The van der Waals surface area contributed by atoms with Gasteiger partial charge in [0.05, 0.1) is 29.8 Å². The third kappa shape index (κ3) is 5.44. The molecule has 0 saturated heterocycles. The molecule has 1 N–H and O–H groups in total. The number of H-pyrrole nitrogens is 1. The molecule has 10 nitrogen and oxygen atoms in total. The number of alkyl halides is 3. The van der Waals surface area contributed by atoms with E-state index >= 15 is 0 Å². The Balaban J connectivity index is 1.52. The second-order valence-electron chi connectivity index (χ2n) is 8.78. The number of aryl methyl sites for hydroxylation is 1. The second kappa shape index (κ2) is 11.2. The molecule has 5 rings (SSSR count). The molecule has 4 aromatic heterocycles. The maximum Gasteiger partial charge on any atom is 0.471 e. The van der Waals surface area contributed by atoms with Crippen LogP contribution in [0.15, 0.2) is 42.6 Å². The van der Waals surface area contributed by atoms with Gasteiger partial charge in [0.2, 0.25) is 5.82 Å². The molecule has 4 heterocycles. The van der Waals surface area contributed by atoms with Gasteiger partial charge in [-0.1, -0.05) is 0 Å². The topological polar surface area (TPSA) is 111 Å². The van der Waals surface area contributed by atoms with Crippen molar-refractivity contribution < 1.29 is 31.8 Å². The highest BCUT2D eigenvalue weighted by molar-refractivity contribution is 7.19. The lowest BCUT2D eigenvalue weighted by molar-refractivity contribution is -0.170. The summed E-state index contributed by atoms with van der Waals surface area (Å²) < 4.78 is 68.6. The minimum atomic E-state index is -5.15. The highest BCUT2D eigenvalue weighted by Gasteiger charge is 2.43. The van der Waals surface area contributed by atoms with Crippen molar-refractivity contribution in [3.05, 3.63) is 54.1 Å². The number of tetrazole rings is 1. The highest BCUT2D eigenvalue weighted by atomic mass is 32.1. The molecule has 0 aliphatic rings. The fourth-order valence-corrected chi connectivity index (χ4v) is 5.50. The number of methoxy groups -OCH3 is 1. The van der Waals surface area contributed by atoms with Crippen molar-refractivity contribution in [2.75, 3.05) is 25.2 Å². The summed E-state index contributed by atoms with van der Waals surface area (Å²) >= 11 is 1.21. The molecule has 15 heteroatoms. The van der Waals surface area contributed by atoms with Crippen LogP contribution in [0.4, 0.5) is 23.2 Å². The maximum atomic E-state index is 14.8. The number of carbonyl (C=O) groups is 1. The number of nitrogens with zero attached hydrogens (tertiary/aromatic N) is 6. The number of aromatic nitrogens is 6. The van der Waals surface area contributed by atoms with E-state index in [1.807, 2.05) is 0 Å². The van der Waals surface area contributed by atoms with Gasteiger partial charge in [0, 0.05) is 42.1 Å². The summed E-state index contributed by atoms with van der Waals surface area (Å²) in [5.41, 5.74) is 1.04. The number of nitrogens with one attached hydrogen (secondary N) is 1. The molecule has 1 amide bonds. The van der Waals surface area contributed by atoms with Gasteiger partial charge in [-0.15, -0.1) is 21.5 Å². The smallest absolute Gasteiger partial charge is 0.471 e. The predicted molar refractivity (Wildman–Crippen MR) is 143 cm³/mol. The molecule has 41 heavy (non-hydrogen) atoms. The predicted octanol–water partition coefficient (Wildman–Crippen LogP) is 5.40. The molecule has 5 aromatic rings. The van der Waals surface area contributed by atoms with Gasteiger partial charge in [0.25, 0.3) is 0 Å². The Morgan fingerprint density at radius 3 is 2.66 bits per heavy atom. The van der Waals surface area contributed by atoms with E-state index in [9.17, 15) is 22.4 Å². The lowest BCUT2D eigenvalue weighted by Crippen LogP contribution is -2.43. The number of fused-ring (bicyclic) bond motifs is 1. The van der Waals surface area contributed by atoms with E-state index in [-0.39, 0.29) is 23.6 Å². The summed E-state index contributed by atoms with van der Waals surface area (Å²) in [5.74, 6) is -1.46. The summed E-state index contributed by atoms with van der Waals surface area (Å²) in [6, 6.07) is 8.76. The highest BCUT2D eigenvalue weighted by Crippen LogP contribution is 2.41. The third-order valence-corrected chi connectivity index (χ3v) is 7.42. The molecule has 0 radical (unpaired) electrons. The normalized spacial score (nSPS) is 11.7. The lowest BCUT2D eigenvalue weighted by atomic mass is 10.2. The van der Waals surface area contributed by atoms with Crippen LogP contribution in [0.3, 0.4) is 0 Å². The summed E-state index contributed by atoms with van der Waals surface area (Å²) in [5, 5.41) is 14.4. The van der Waals surface area contributed by atoms with Crippen LogP contribution in [0.2, 0.25) is 0 Å². The SMILES string of the molecule is CCOc1cc(-c2cc(N(CCn3c(C)cc4c(OC)ccc(F)c43)C(=O)C(F)(F)F)ccn2)sc1-c1nn[nH]n1. The summed E-state index contributed by atoms with van der Waals surface area (Å²) in [7, 11) is 1.44. The average Bonchev–Trinajstić information content (AvgIpc) is 3.68. The summed E-state index contributed by atoms with van der Waals surface area (Å²) in [4.78, 5) is 18.7. The quantitative estimate of drug-likeness (QED) is 0.229. The zero-order valence-electron chi connectivity index (χ0n) is 22.0. The fraction of sp³-hybridized carbons (Fsp3) is 0.269. The zero-order chi connectivity index (χ0) is 29.3. The average molecular weight is 590 g/mol. The number of amides is 1.